The van der Waals surface area contributed by atoms with Gasteiger partial charge in [0.2, 0.25) is 0 Å². The monoisotopic (exact) mass is 385 g/mol. The molecule has 150 valence electrons. The van der Waals surface area contributed by atoms with Crippen LogP contribution in [0.5, 0.6) is 0 Å². The number of esters is 1. The predicted octanol–water partition coefficient (Wildman–Crippen LogP) is 2.93. The van der Waals surface area contributed by atoms with E-state index in [0.717, 1.165) is 25.7 Å². The number of rotatable bonds is 6. The van der Waals surface area contributed by atoms with Crippen LogP contribution in [0.2, 0.25) is 0 Å². The number of amides is 1. The minimum atomic E-state index is -0.960. The van der Waals surface area contributed by atoms with Gasteiger partial charge in [-0.15, -0.1) is 0 Å². The van der Waals surface area contributed by atoms with Gasteiger partial charge in [0.1, 0.15) is 5.69 Å². The van der Waals surface area contributed by atoms with Crippen molar-refractivity contribution in [2.75, 3.05) is 5.32 Å². The number of hydrogen-bond acceptors (Lipinski definition) is 4. The fraction of sp³-hybridized carbons (Fsp3) is 0.476. The number of nitrogens with zero attached hydrogens (tertiary/aromatic N) is 2. The first-order valence-electron chi connectivity index (χ1n) is 9.73. The van der Waals surface area contributed by atoms with Gasteiger partial charge in [0, 0.05) is 13.5 Å². The molecule has 0 saturated heterocycles. The number of nitrogens with one attached hydrogen (secondary N) is 1. The first-order chi connectivity index (χ1) is 13.4. The van der Waals surface area contributed by atoms with Crippen LogP contribution in [0.1, 0.15) is 44.7 Å². The molecule has 0 bridgehead atoms. The van der Waals surface area contributed by atoms with E-state index in [2.05, 4.69) is 5.32 Å². The Kier molecular flexibility index (Phi) is 6.02. The van der Waals surface area contributed by atoms with E-state index < -0.39 is 12.0 Å². The molecule has 1 heterocycles. The first kappa shape index (κ1) is 19.9. The Bertz CT molecular complexity index is 908. The number of anilines is 1. The molecule has 1 saturated carbocycles. The van der Waals surface area contributed by atoms with Crippen LogP contribution in [0.3, 0.4) is 0 Å². The maximum atomic E-state index is 12.8. The summed E-state index contributed by atoms with van der Waals surface area (Å²) in [6, 6.07) is 9.19. The molecular weight excluding hydrogens is 358 g/mol. The molecule has 3 rings (SSSR count). The van der Waals surface area contributed by atoms with Crippen LogP contribution in [-0.2, 0) is 21.4 Å². The summed E-state index contributed by atoms with van der Waals surface area (Å²) in [5.41, 5.74) is 1.18. The fourth-order valence-electron chi connectivity index (χ4n) is 3.69. The van der Waals surface area contributed by atoms with E-state index in [-0.39, 0.29) is 17.2 Å². The summed E-state index contributed by atoms with van der Waals surface area (Å²) >= 11 is 0. The predicted molar refractivity (Wildman–Crippen MR) is 107 cm³/mol. The minimum Gasteiger partial charge on any atom is -0.453 e. The normalized spacial score (nSPS) is 15.4. The molecule has 1 atom stereocenters. The Morgan fingerprint density at radius 3 is 2.50 bits per heavy atom. The number of aromatic nitrogens is 2. The Morgan fingerprint density at radius 1 is 1.21 bits per heavy atom. The summed E-state index contributed by atoms with van der Waals surface area (Å²) in [5.74, 6) is -0.510. The van der Waals surface area contributed by atoms with Gasteiger partial charge in [0.15, 0.2) is 6.10 Å². The molecule has 1 fully saturated rings. The van der Waals surface area contributed by atoms with Crippen molar-refractivity contribution in [2.45, 2.75) is 52.1 Å². The zero-order valence-electron chi connectivity index (χ0n) is 16.6. The molecule has 0 aliphatic heterocycles. The fourth-order valence-corrected chi connectivity index (χ4v) is 3.69. The summed E-state index contributed by atoms with van der Waals surface area (Å²) in [5, 5.41) is 2.64. The second-order valence-electron chi connectivity index (χ2n) is 7.41. The van der Waals surface area contributed by atoms with Gasteiger partial charge in [0.25, 0.3) is 11.5 Å². The van der Waals surface area contributed by atoms with Crippen molar-refractivity contribution in [3.63, 3.8) is 0 Å². The SMILES string of the molecule is Cc1c(NC(=O)C(C)OC(=O)CC2CCCC2)c(=O)n(-c2ccccc2)n1C. The van der Waals surface area contributed by atoms with Gasteiger partial charge in [-0.1, -0.05) is 31.0 Å². The molecule has 1 N–H and O–H groups in total. The van der Waals surface area contributed by atoms with Gasteiger partial charge in [-0.2, -0.15) is 0 Å². The van der Waals surface area contributed by atoms with Crippen LogP contribution in [0, 0.1) is 12.8 Å². The number of carbonyl (C=O) groups excluding carboxylic acids is 2. The van der Waals surface area contributed by atoms with E-state index in [9.17, 15) is 14.4 Å². The molecule has 1 aromatic heterocycles. The highest BCUT2D eigenvalue weighted by molar-refractivity contribution is 5.95. The van der Waals surface area contributed by atoms with E-state index in [4.69, 9.17) is 4.74 Å². The average molecular weight is 385 g/mol. The van der Waals surface area contributed by atoms with E-state index >= 15 is 0 Å². The van der Waals surface area contributed by atoms with Gasteiger partial charge in [-0.05, 0) is 44.7 Å². The van der Waals surface area contributed by atoms with Crippen molar-refractivity contribution in [2.24, 2.45) is 13.0 Å². The number of benzene rings is 1. The van der Waals surface area contributed by atoms with Crippen LogP contribution in [0.15, 0.2) is 35.1 Å². The second kappa shape index (κ2) is 8.46. The number of carbonyl (C=O) groups is 2. The van der Waals surface area contributed by atoms with Crippen molar-refractivity contribution in [3.05, 3.63) is 46.4 Å². The van der Waals surface area contributed by atoms with E-state index in [1.807, 2.05) is 30.3 Å². The summed E-state index contributed by atoms with van der Waals surface area (Å²) in [6.07, 6.45) is 3.76. The molecule has 2 aromatic rings. The van der Waals surface area contributed by atoms with Gasteiger partial charge < -0.3 is 10.1 Å². The van der Waals surface area contributed by atoms with Crippen molar-refractivity contribution < 1.29 is 14.3 Å². The molecule has 1 unspecified atom stereocenters. The molecule has 1 amide bonds. The lowest BCUT2D eigenvalue weighted by atomic mass is 10.0. The standard InChI is InChI=1S/C21H27N3O4/c1-14-19(21(27)24(23(14)3)17-11-5-4-6-12-17)22-20(26)15(2)28-18(25)13-16-9-7-8-10-16/h4-6,11-12,15-16H,7-10,13H2,1-3H3,(H,22,26). The third-order valence-corrected chi connectivity index (χ3v) is 5.41. The van der Waals surface area contributed by atoms with Gasteiger partial charge >= 0.3 is 5.97 Å². The molecule has 7 nitrogen and oxygen atoms in total. The quantitative estimate of drug-likeness (QED) is 0.775. The number of para-hydroxylation sites is 1. The smallest absolute Gasteiger partial charge is 0.306 e. The number of hydrogen-bond donors (Lipinski definition) is 1. The highest BCUT2D eigenvalue weighted by atomic mass is 16.5. The highest BCUT2D eigenvalue weighted by Crippen LogP contribution is 2.27. The van der Waals surface area contributed by atoms with Crippen molar-refractivity contribution in [1.29, 1.82) is 0 Å². The Hall–Kier alpha value is -2.83. The lowest BCUT2D eigenvalue weighted by molar-refractivity contribution is -0.154. The Labute approximate surface area is 164 Å². The van der Waals surface area contributed by atoms with Crippen molar-refractivity contribution >= 4 is 17.6 Å². The molecular formula is C21H27N3O4. The second-order valence-corrected chi connectivity index (χ2v) is 7.41. The highest BCUT2D eigenvalue weighted by Gasteiger charge is 2.25. The Morgan fingerprint density at radius 2 is 1.86 bits per heavy atom. The first-order valence-corrected chi connectivity index (χ1v) is 9.73. The topological polar surface area (TPSA) is 82.3 Å². The van der Waals surface area contributed by atoms with Gasteiger partial charge in [-0.3, -0.25) is 19.1 Å². The molecule has 1 aliphatic rings. The zero-order valence-corrected chi connectivity index (χ0v) is 16.6. The van der Waals surface area contributed by atoms with Crippen molar-refractivity contribution in [3.8, 4) is 5.69 Å². The van der Waals surface area contributed by atoms with Crippen LogP contribution in [0.25, 0.3) is 5.69 Å². The van der Waals surface area contributed by atoms with Crippen LogP contribution >= 0.6 is 0 Å². The van der Waals surface area contributed by atoms with Gasteiger partial charge in [-0.25, -0.2) is 4.68 Å². The lowest BCUT2D eigenvalue weighted by Crippen LogP contribution is -2.32. The summed E-state index contributed by atoms with van der Waals surface area (Å²) < 4.78 is 8.45. The van der Waals surface area contributed by atoms with Crippen LogP contribution in [-0.4, -0.2) is 27.3 Å². The van der Waals surface area contributed by atoms with Crippen LogP contribution in [0.4, 0.5) is 5.69 Å². The Balaban J connectivity index is 1.70. The molecule has 0 spiro atoms. The van der Waals surface area contributed by atoms with Crippen molar-refractivity contribution in [1.82, 2.24) is 9.36 Å². The van der Waals surface area contributed by atoms with E-state index in [0.29, 0.717) is 23.7 Å². The molecule has 28 heavy (non-hydrogen) atoms. The third-order valence-electron chi connectivity index (χ3n) is 5.41. The number of ether oxygens (including phenoxy) is 1. The maximum absolute atomic E-state index is 12.8. The van der Waals surface area contributed by atoms with Crippen LogP contribution < -0.4 is 10.9 Å². The average Bonchev–Trinajstić information content (AvgIpc) is 3.25. The summed E-state index contributed by atoms with van der Waals surface area (Å²) in [6.45, 7) is 3.28. The molecule has 1 aromatic carbocycles. The summed E-state index contributed by atoms with van der Waals surface area (Å²) in [7, 11) is 1.75. The molecule has 1 aliphatic carbocycles. The zero-order chi connectivity index (χ0) is 20.3. The molecule has 0 radical (unpaired) electrons. The maximum Gasteiger partial charge on any atom is 0.306 e. The third kappa shape index (κ3) is 4.18. The minimum absolute atomic E-state index is 0.190. The van der Waals surface area contributed by atoms with E-state index in [1.165, 1.54) is 11.6 Å². The lowest BCUT2D eigenvalue weighted by Gasteiger charge is -2.14. The van der Waals surface area contributed by atoms with Gasteiger partial charge in [0.05, 0.1) is 11.4 Å². The largest absolute Gasteiger partial charge is 0.453 e. The summed E-state index contributed by atoms with van der Waals surface area (Å²) in [4.78, 5) is 37.4. The molecule has 7 heteroatoms. The van der Waals surface area contributed by atoms with E-state index in [1.54, 1.807) is 18.7 Å².